The van der Waals surface area contributed by atoms with Gasteiger partial charge in [0, 0.05) is 31.2 Å². The van der Waals surface area contributed by atoms with E-state index < -0.39 is 58.2 Å². The van der Waals surface area contributed by atoms with Gasteiger partial charge in [0.15, 0.2) is 11.6 Å². The van der Waals surface area contributed by atoms with Crippen molar-refractivity contribution in [1.82, 2.24) is 10.2 Å². The summed E-state index contributed by atoms with van der Waals surface area (Å²) in [5.41, 5.74) is -1.84. The zero-order chi connectivity index (χ0) is 31.3. The van der Waals surface area contributed by atoms with Crippen LogP contribution in [-0.2, 0) is 28.7 Å². The summed E-state index contributed by atoms with van der Waals surface area (Å²) in [5, 5.41) is 2.75. The lowest BCUT2D eigenvalue weighted by Crippen LogP contribution is -2.58. The van der Waals surface area contributed by atoms with Crippen LogP contribution in [0.3, 0.4) is 0 Å². The maximum Gasteiger partial charge on any atom is 0.408 e. The number of Topliss-reactive ketones (excluding diaryl/α,β-unsaturated/α-hetero) is 3. The topological polar surface area (TPSA) is 119 Å². The van der Waals surface area contributed by atoms with Crippen molar-refractivity contribution in [3.8, 4) is 0 Å². The van der Waals surface area contributed by atoms with E-state index in [0.717, 1.165) is 6.42 Å². The Bertz CT molecular complexity index is 1000. The van der Waals surface area contributed by atoms with Crippen molar-refractivity contribution in [3.05, 3.63) is 12.7 Å². The number of nitrogens with zero attached hydrogens (tertiary/aromatic N) is 1. The van der Waals surface area contributed by atoms with Crippen molar-refractivity contribution in [1.29, 1.82) is 0 Å². The molecule has 0 saturated carbocycles. The third-order valence-corrected chi connectivity index (χ3v) is 7.84. The molecule has 0 aromatic heterocycles. The van der Waals surface area contributed by atoms with Gasteiger partial charge in [0.2, 0.25) is 11.7 Å². The lowest BCUT2D eigenvalue weighted by atomic mass is 9.80. The van der Waals surface area contributed by atoms with Crippen molar-refractivity contribution in [2.75, 3.05) is 6.54 Å². The van der Waals surface area contributed by atoms with Crippen LogP contribution in [0.1, 0.15) is 107 Å². The molecule has 4 unspecified atom stereocenters. The number of hydrogen-bond acceptors (Lipinski definition) is 7. The number of amides is 2. The van der Waals surface area contributed by atoms with E-state index in [-0.39, 0.29) is 37.2 Å². The summed E-state index contributed by atoms with van der Waals surface area (Å²) in [6.45, 7) is 20.5. The quantitative estimate of drug-likeness (QED) is 0.251. The Kier molecular flexibility index (Phi) is 11.5. The standard InChI is InChI=1S/C32H52N2O7/c1-11-13-15-22(35)26(37)20(14-12-2)18-23(36)25-21-16-17-32(9,10)40-24(21)19-34(25)28(38)27(30(3,4)5)33-29(39)41-31(6,7)8/h11,20-21,24-25,27H,1,12-19H2,2-10H3,(H,33,39)/t20?,21?,24?,25-,27?/m0/s1. The van der Waals surface area contributed by atoms with Crippen LogP contribution in [0.4, 0.5) is 4.79 Å². The van der Waals surface area contributed by atoms with Gasteiger partial charge in [-0.1, -0.05) is 40.2 Å². The van der Waals surface area contributed by atoms with Crippen molar-refractivity contribution >= 4 is 29.4 Å². The lowest BCUT2D eigenvalue weighted by Gasteiger charge is -2.39. The van der Waals surface area contributed by atoms with Crippen LogP contribution in [0.25, 0.3) is 0 Å². The van der Waals surface area contributed by atoms with Crippen LogP contribution in [0, 0.1) is 17.3 Å². The van der Waals surface area contributed by atoms with E-state index in [4.69, 9.17) is 9.47 Å². The molecule has 2 aliphatic rings. The first-order valence-electron chi connectivity index (χ1n) is 15.0. The summed E-state index contributed by atoms with van der Waals surface area (Å²) in [5.74, 6) is -2.64. The molecule has 0 spiro atoms. The smallest absolute Gasteiger partial charge is 0.408 e. The number of carbonyl (C=O) groups excluding carboxylic acids is 5. The van der Waals surface area contributed by atoms with Crippen molar-refractivity contribution in [2.24, 2.45) is 17.3 Å². The molecule has 2 saturated heterocycles. The Morgan fingerprint density at radius 2 is 1.76 bits per heavy atom. The van der Waals surface area contributed by atoms with Gasteiger partial charge in [0.25, 0.3) is 0 Å². The number of nitrogens with one attached hydrogen (secondary N) is 1. The third kappa shape index (κ3) is 9.48. The Morgan fingerprint density at radius 1 is 1.12 bits per heavy atom. The molecule has 0 aliphatic carbocycles. The number of alkyl carbamates (subject to hydrolysis) is 1. The molecule has 232 valence electrons. The van der Waals surface area contributed by atoms with Crippen molar-refractivity contribution < 1.29 is 33.4 Å². The molecule has 9 heteroatoms. The molecule has 0 bridgehead atoms. The Hall–Kier alpha value is -2.55. The van der Waals surface area contributed by atoms with Crippen LogP contribution in [0.5, 0.6) is 0 Å². The number of ketones is 3. The maximum absolute atomic E-state index is 14.2. The van der Waals surface area contributed by atoms with Crippen LogP contribution >= 0.6 is 0 Å². The van der Waals surface area contributed by atoms with Crippen LogP contribution in [0.15, 0.2) is 12.7 Å². The predicted octanol–water partition coefficient (Wildman–Crippen LogP) is 5.19. The molecular formula is C32H52N2O7. The third-order valence-electron chi connectivity index (χ3n) is 7.84. The molecular weight excluding hydrogens is 524 g/mol. The average Bonchev–Trinajstić information content (AvgIpc) is 3.20. The molecule has 0 radical (unpaired) electrons. The summed E-state index contributed by atoms with van der Waals surface area (Å²) in [6.07, 6.45) is 3.33. The molecule has 2 fully saturated rings. The average molecular weight is 577 g/mol. The number of carbonyl (C=O) groups is 5. The van der Waals surface area contributed by atoms with Gasteiger partial charge in [-0.3, -0.25) is 19.2 Å². The zero-order valence-corrected chi connectivity index (χ0v) is 26.6. The fraction of sp³-hybridized carbons (Fsp3) is 0.781. The van der Waals surface area contributed by atoms with Crippen LogP contribution < -0.4 is 5.32 Å². The lowest BCUT2D eigenvalue weighted by molar-refractivity contribution is -0.144. The van der Waals surface area contributed by atoms with E-state index in [9.17, 15) is 24.0 Å². The van der Waals surface area contributed by atoms with Gasteiger partial charge >= 0.3 is 6.09 Å². The predicted molar refractivity (Wildman–Crippen MR) is 157 cm³/mol. The first kappa shape index (κ1) is 34.7. The molecule has 2 heterocycles. The van der Waals surface area contributed by atoms with Crippen LogP contribution in [0.2, 0.25) is 0 Å². The van der Waals surface area contributed by atoms with Crippen molar-refractivity contribution in [2.45, 2.75) is 137 Å². The highest BCUT2D eigenvalue weighted by molar-refractivity contribution is 6.38. The minimum absolute atomic E-state index is 0.0714. The van der Waals surface area contributed by atoms with E-state index in [1.54, 1.807) is 31.7 Å². The summed E-state index contributed by atoms with van der Waals surface area (Å²) in [6, 6.07) is -1.78. The number of hydrogen-bond donors (Lipinski definition) is 1. The molecule has 0 aromatic rings. The zero-order valence-electron chi connectivity index (χ0n) is 26.6. The normalized spacial score (nSPS) is 23.6. The largest absolute Gasteiger partial charge is 0.444 e. The molecule has 2 rings (SSSR count). The number of rotatable bonds is 12. The number of ether oxygens (including phenoxy) is 2. The molecule has 0 aromatic carbocycles. The number of allylic oxidation sites excluding steroid dienone is 1. The SMILES string of the molecule is C=CCCC(=O)C(=O)C(CCC)CC(=O)[C@@H]1C2CCC(C)(C)OC2CN1C(=O)C(NC(=O)OC(C)(C)C)C(C)(C)C. The Labute approximate surface area is 246 Å². The van der Waals surface area contributed by atoms with Gasteiger partial charge in [-0.05, 0) is 65.7 Å². The molecule has 5 atom stereocenters. The summed E-state index contributed by atoms with van der Waals surface area (Å²) >= 11 is 0. The molecule has 41 heavy (non-hydrogen) atoms. The van der Waals surface area contributed by atoms with Crippen molar-refractivity contribution in [3.63, 3.8) is 0 Å². The first-order chi connectivity index (χ1) is 18.8. The van der Waals surface area contributed by atoms with E-state index in [2.05, 4.69) is 11.9 Å². The Balaban J connectivity index is 2.41. The second kappa shape index (κ2) is 13.6. The summed E-state index contributed by atoms with van der Waals surface area (Å²) in [4.78, 5) is 68.1. The summed E-state index contributed by atoms with van der Waals surface area (Å²) < 4.78 is 11.8. The fourth-order valence-electron chi connectivity index (χ4n) is 5.83. The van der Waals surface area contributed by atoms with Gasteiger partial charge in [-0.25, -0.2) is 4.79 Å². The molecule has 9 nitrogen and oxygen atoms in total. The molecule has 2 amide bonds. The monoisotopic (exact) mass is 576 g/mol. The highest BCUT2D eigenvalue weighted by atomic mass is 16.6. The van der Waals surface area contributed by atoms with Gasteiger partial charge < -0.3 is 19.7 Å². The molecule has 1 N–H and O–H groups in total. The summed E-state index contributed by atoms with van der Waals surface area (Å²) in [7, 11) is 0. The van der Waals surface area contributed by atoms with E-state index >= 15 is 0 Å². The van der Waals surface area contributed by atoms with E-state index in [0.29, 0.717) is 25.7 Å². The number of likely N-dealkylation sites (tertiary alicyclic amines) is 1. The van der Waals surface area contributed by atoms with Gasteiger partial charge in [0.1, 0.15) is 11.6 Å². The minimum atomic E-state index is -0.964. The Morgan fingerprint density at radius 3 is 2.29 bits per heavy atom. The first-order valence-corrected chi connectivity index (χ1v) is 15.0. The number of fused-ring (bicyclic) bond motifs is 1. The molecule has 2 aliphatic heterocycles. The maximum atomic E-state index is 14.2. The second-order valence-electron chi connectivity index (χ2n) is 14.3. The van der Waals surface area contributed by atoms with Gasteiger partial charge in [0.05, 0.1) is 17.7 Å². The van der Waals surface area contributed by atoms with E-state index in [1.165, 1.54) is 0 Å². The minimum Gasteiger partial charge on any atom is -0.444 e. The highest BCUT2D eigenvalue weighted by Crippen LogP contribution is 2.42. The fourth-order valence-corrected chi connectivity index (χ4v) is 5.83. The van der Waals surface area contributed by atoms with Gasteiger partial charge in [-0.15, -0.1) is 6.58 Å². The van der Waals surface area contributed by atoms with Crippen LogP contribution in [-0.4, -0.2) is 70.2 Å². The second-order valence-corrected chi connectivity index (χ2v) is 14.3. The van der Waals surface area contributed by atoms with E-state index in [1.807, 2.05) is 41.5 Å². The van der Waals surface area contributed by atoms with Gasteiger partial charge in [-0.2, -0.15) is 0 Å². The highest BCUT2D eigenvalue weighted by Gasteiger charge is 2.54.